The maximum Gasteiger partial charge on any atom is 0.326 e. The summed E-state index contributed by atoms with van der Waals surface area (Å²) in [6.07, 6.45) is -0.834. The first kappa shape index (κ1) is 30.8. The van der Waals surface area contributed by atoms with E-state index in [1.807, 2.05) is 0 Å². The highest BCUT2D eigenvalue weighted by molar-refractivity contribution is 5.96. The molecule has 0 saturated heterocycles. The summed E-state index contributed by atoms with van der Waals surface area (Å²) in [5.74, 6) is -5.85. The highest BCUT2D eigenvalue weighted by atomic mass is 16.4. The molecule has 0 aromatic rings. The van der Waals surface area contributed by atoms with Crippen molar-refractivity contribution in [2.75, 3.05) is 0 Å². The van der Waals surface area contributed by atoms with Gasteiger partial charge in [0.05, 0.1) is 12.5 Å². The molecule has 0 aromatic carbocycles. The van der Waals surface area contributed by atoms with Gasteiger partial charge in [0.1, 0.15) is 18.1 Å². The van der Waals surface area contributed by atoms with Gasteiger partial charge in [-0.05, 0) is 31.1 Å². The predicted octanol–water partition coefficient (Wildman–Crippen LogP) is -1.31. The number of hydrogen-bond acceptors (Lipinski definition) is 7. The van der Waals surface area contributed by atoms with Crippen LogP contribution in [0.1, 0.15) is 59.8 Å². The molecule has 34 heavy (non-hydrogen) atoms. The Balaban J connectivity index is 5.50. The van der Waals surface area contributed by atoms with Crippen LogP contribution in [0.2, 0.25) is 0 Å². The SMILES string of the molecule is CC(C)CC(NC(=O)C(CC(C)C)NC(=O)C(CC(N)=O)NC(=O)C(N)CCC(=O)O)C(=O)O. The first-order valence-corrected chi connectivity index (χ1v) is 11.0. The average molecular weight is 488 g/mol. The van der Waals surface area contributed by atoms with Gasteiger partial charge >= 0.3 is 11.9 Å². The molecule has 0 aliphatic heterocycles. The number of nitrogens with two attached hydrogens (primary N) is 2. The zero-order chi connectivity index (χ0) is 26.6. The van der Waals surface area contributed by atoms with Crippen LogP contribution in [0.5, 0.6) is 0 Å². The van der Waals surface area contributed by atoms with E-state index in [4.69, 9.17) is 16.6 Å². The number of primary amides is 1. The van der Waals surface area contributed by atoms with E-state index in [1.54, 1.807) is 27.7 Å². The van der Waals surface area contributed by atoms with Crippen LogP contribution >= 0.6 is 0 Å². The first-order valence-electron chi connectivity index (χ1n) is 11.0. The Morgan fingerprint density at radius 3 is 1.62 bits per heavy atom. The molecule has 13 nitrogen and oxygen atoms in total. The predicted molar refractivity (Wildman–Crippen MR) is 121 cm³/mol. The summed E-state index contributed by atoms with van der Waals surface area (Å²) in [5, 5.41) is 25.2. The van der Waals surface area contributed by atoms with E-state index in [1.165, 1.54) is 0 Å². The normalized spacial score (nSPS) is 14.6. The molecule has 0 aliphatic rings. The molecule has 0 bridgehead atoms. The van der Waals surface area contributed by atoms with Crippen molar-refractivity contribution in [1.29, 1.82) is 0 Å². The summed E-state index contributed by atoms with van der Waals surface area (Å²) in [6.45, 7) is 7.18. The van der Waals surface area contributed by atoms with Gasteiger partial charge < -0.3 is 37.6 Å². The second-order valence-electron chi connectivity index (χ2n) is 8.99. The van der Waals surface area contributed by atoms with Crippen molar-refractivity contribution >= 4 is 35.6 Å². The number of carboxylic acid groups (broad SMARTS) is 2. The van der Waals surface area contributed by atoms with Gasteiger partial charge in [-0.1, -0.05) is 27.7 Å². The van der Waals surface area contributed by atoms with Crippen LogP contribution in [0.15, 0.2) is 0 Å². The van der Waals surface area contributed by atoms with Gasteiger partial charge in [-0.3, -0.25) is 24.0 Å². The minimum absolute atomic E-state index is 0.0139. The van der Waals surface area contributed by atoms with Crippen LogP contribution in [-0.4, -0.2) is 69.9 Å². The Kier molecular flexibility index (Phi) is 13.4. The van der Waals surface area contributed by atoms with Gasteiger partial charge in [0.2, 0.25) is 23.6 Å². The summed E-state index contributed by atoms with van der Waals surface area (Å²) >= 11 is 0. The number of hydrogen-bond donors (Lipinski definition) is 7. The molecule has 194 valence electrons. The fraction of sp³-hybridized carbons (Fsp3) is 0.714. The minimum atomic E-state index is -1.46. The van der Waals surface area contributed by atoms with Gasteiger partial charge in [0.25, 0.3) is 0 Å². The summed E-state index contributed by atoms with van der Waals surface area (Å²) in [5.41, 5.74) is 10.8. The number of aliphatic carboxylic acids is 2. The van der Waals surface area contributed by atoms with Crippen molar-refractivity contribution in [2.45, 2.75) is 84.0 Å². The molecule has 0 saturated carbocycles. The second kappa shape index (κ2) is 14.8. The molecule has 4 atom stereocenters. The van der Waals surface area contributed by atoms with E-state index < -0.39 is 66.2 Å². The van der Waals surface area contributed by atoms with E-state index in [0.29, 0.717) is 0 Å². The van der Waals surface area contributed by atoms with Gasteiger partial charge in [-0.2, -0.15) is 0 Å². The fourth-order valence-corrected chi connectivity index (χ4v) is 3.04. The number of carboxylic acids is 2. The lowest BCUT2D eigenvalue weighted by Crippen LogP contribution is -2.58. The standard InChI is InChI=1S/C21H37N5O8/c1-10(2)7-13(19(31)26-15(21(33)34)8-11(3)4)25-20(32)14(9-16(23)27)24-18(30)12(22)5-6-17(28)29/h10-15H,5-9,22H2,1-4H3,(H2,23,27)(H,24,30)(H,25,32)(H,26,31)(H,28,29)(H,33,34). The van der Waals surface area contributed by atoms with Crippen LogP contribution in [-0.2, 0) is 28.8 Å². The topological polar surface area (TPSA) is 231 Å². The smallest absolute Gasteiger partial charge is 0.326 e. The molecular formula is C21H37N5O8. The molecule has 0 rings (SSSR count). The first-order chi connectivity index (χ1) is 15.6. The number of rotatable bonds is 16. The second-order valence-corrected chi connectivity index (χ2v) is 8.99. The number of carbonyl (C=O) groups excluding carboxylic acids is 4. The highest BCUT2D eigenvalue weighted by Crippen LogP contribution is 2.09. The number of nitrogens with one attached hydrogen (secondary N) is 3. The Bertz CT molecular complexity index is 755. The van der Waals surface area contributed by atoms with Crippen molar-refractivity contribution < 1.29 is 39.0 Å². The van der Waals surface area contributed by atoms with E-state index >= 15 is 0 Å². The van der Waals surface area contributed by atoms with Crippen LogP contribution < -0.4 is 27.4 Å². The zero-order valence-electron chi connectivity index (χ0n) is 20.0. The lowest BCUT2D eigenvalue weighted by atomic mass is 10.00. The minimum Gasteiger partial charge on any atom is -0.481 e. The maximum atomic E-state index is 12.8. The number of carbonyl (C=O) groups is 6. The highest BCUT2D eigenvalue weighted by Gasteiger charge is 2.31. The molecule has 0 spiro atoms. The molecular weight excluding hydrogens is 450 g/mol. The van der Waals surface area contributed by atoms with Crippen molar-refractivity contribution in [2.24, 2.45) is 23.3 Å². The van der Waals surface area contributed by atoms with E-state index in [9.17, 15) is 33.9 Å². The van der Waals surface area contributed by atoms with Crippen molar-refractivity contribution in [1.82, 2.24) is 16.0 Å². The lowest BCUT2D eigenvalue weighted by molar-refractivity contribution is -0.143. The van der Waals surface area contributed by atoms with Crippen molar-refractivity contribution in [3.05, 3.63) is 0 Å². The Morgan fingerprint density at radius 2 is 1.18 bits per heavy atom. The largest absolute Gasteiger partial charge is 0.481 e. The Morgan fingerprint density at radius 1 is 0.735 bits per heavy atom. The van der Waals surface area contributed by atoms with E-state index in [-0.39, 0.29) is 37.5 Å². The number of amides is 4. The molecule has 9 N–H and O–H groups in total. The molecule has 13 heteroatoms. The quantitative estimate of drug-likeness (QED) is 0.137. The molecule has 4 amide bonds. The third-order valence-electron chi connectivity index (χ3n) is 4.71. The third-order valence-corrected chi connectivity index (χ3v) is 4.71. The van der Waals surface area contributed by atoms with Crippen LogP contribution in [0.4, 0.5) is 0 Å². The maximum absolute atomic E-state index is 12.8. The van der Waals surface area contributed by atoms with Crippen molar-refractivity contribution in [3.8, 4) is 0 Å². The molecule has 0 aliphatic carbocycles. The summed E-state index contributed by atoms with van der Waals surface area (Å²) < 4.78 is 0. The summed E-state index contributed by atoms with van der Waals surface area (Å²) in [7, 11) is 0. The van der Waals surface area contributed by atoms with Gasteiger partial charge in [-0.25, -0.2) is 4.79 Å². The molecule has 4 unspecified atom stereocenters. The van der Waals surface area contributed by atoms with Crippen LogP contribution in [0.25, 0.3) is 0 Å². The molecule has 0 aromatic heterocycles. The van der Waals surface area contributed by atoms with Gasteiger partial charge in [0.15, 0.2) is 0 Å². The third kappa shape index (κ3) is 12.7. The zero-order valence-corrected chi connectivity index (χ0v) is 20.0. The van der Waals surface area contributed by atoms with Crippen LogP contribution in [0, 0.1) is 11.8 Å². The average Bonchev–Trinajstić information content (AvgIpc) is 2.68. The Labute approximate surface area is 198 Å². The summed E-state index contributed by atoms with van der Waals surface area (Å²) in [4.78, 5) is 71.5. The van der Waals surface area contributed by atoms with E-state index in [2.05, 4.69) is 16.0 Å². The molecule has 0 radical (unpaired) electrons. The van der Waals surface area contributed by atoms with Gasteiger partial charge in [0, 0.05) is 6.42 Å². The van der Waals surface area contributed by atoms with Crippen molar-refractivity contribution in [3.63, 3.8) is 0 Å². The Hall–Kier alpha value is -3.22. The van der Waals surface area contributed by atoms with Gasteiger partial charge in [-0.15, -0.1) is 0 Å². The van der Waals surface area contributed by atoms with Crippen LogP contribution in [0.3, 0.4) is 0 Å². The fourth-order valence-electron chi connectivity index (χ4n) is 3.04. The lowest BCUT2D eigenvalue weighted by Gasteiger charge is -2.26. The summed E-state index contributed by atoms with van der Waals surface area (Å²) in [6, 6.07) is -5.02. The molecule has 0 heterocycles. The monoisotopic (exact) mass is 487 g/mol. The molecule has 0 fully saturated rings. The van der Waals surface area contributed by atoms with E-state index in [0.717, 1.165) is 0 Å².